The van der Waals surface area contributed by atoms with Crippen molar-refractivity contribution < 1.29 is 28.6 Å². The molecule has 2 heterocycles. The summed E-state index contributed by atoms with van der Waals surface area (Å²) in [4.78, 5) is 40.9. The van der Waals surface area contributed by atoms with Gasteiger partial charge in [0.05, 0.1) is 7.11 Å². The van der Waals surface area contributed by atoms with E-state index in [0.717, 1.165) is 18.5 Å². The number of carbonyl (C=O) groups is 3. The SMILES string of the molecule is COC(=O)[C@H](CN1CC[C@@H]2CN(C(=O)OC(C)(C)C)C[C@H]21)NC(=O)OCc1ccccc1. The number of nitrogens with one attached hydrogen (secondary N) is 1. The highest BCUT2D eigenvalue weighted by Crippen LogP contribution is 2.32. The maximum absolute atomic E-state index is 12.4. The van der Waals surface area contributed by atoms with Gasteiger partial charge in [-0.25, -0.2) is 14.4 Å². The number of likely N-dealkylation sites (tertiary alicyclic amines) is 2. The fraction of sp³-hybridized carbons (Fsp3) is 0.609. The van der Waals surface area contributed by atoms with Gasteiger partial charge in [0.1, 0.15) is 18.2 Å². The van der Waals surface area contributed by atoms with E-state index in [4.69, 9.17) is 14.2 Å². The second-order valence-corrected chi connectivity index (χ2v) is 9.28. The molecule has 0 aromatic heterocycles. The summed E-state index contributed by atoms with van der Waals surface area (Å²) in [5, 5.41) is 2.63. The van der Waals surface area contributed by atoms with Crippen molar-refractivity contribution in [2.24, 2.45) is 5.92 Å². The number of hydrogen-bond donors (Lipinski definition) is 1. The van der Waals surface area contributed by atoms with Crippen molar-refractivity contribution in [2.75, 3.05) is 33.3 Å². The standard InChI is InChI=1S/C23H33N3O6/c1-23(2,3)32-22(29)26-12-17-10-11-25(19(17)14-26)13-18(20(27)30-4)24-21(28)31-15-16-8-6-5-7-9-16/h5-9,17-19H,10-15H2,1-4H3,(H,24,28)/t17-,18+,19-/m1/s1. The predicted octanol–water partition coefficient (Wildman–Crippen LogP) is 2.40. The Hall–Kier alpha value is -2.81. The largest absolute Gasteiger partial charge is 0.467 e. The summed E-state index contributed by atoms with van der Waals surface area (Å²) in [7, 11) is 1.29. The Morgan fingerprint density at radius 3 is 2.53 bits per heavy atom. The number of nitrogens with zero attached hydrogens (tertiary/aromatic N) is 2. The van der Waals surface area contributed by atoms with E-state index in [1.165, 1.54) is 7.11 Å². The summed E-state index contributed by atoms with van der Waals surface area (Å²) in [6.07, 6.45) is -0.0863. The molecule has 2 fully saturated rings. The number of rotatable bonds is 6. The first-order valence-corrected chi connectivity index (χ1v) is 10.9. The highest BCUT2D eigenvalue weighted by Gasteiger charge is 2.45. The fourth-order valence-corrected chi connectivity index (χ4v) is 4.21. The molecule has 2 amide bonds. The molecule has 9 nitrogen and oxygen atoms in total. The first-order valence-electron chi connectivity index (χ1n) is 10.9. The highest BCUT2D eigenvalue weighted by molar-refractivity contribution is 5.81. The van der Waals surface area contributed by atoms with Gasteiger partial charge in [-0.15, -0.1) is 0 Å². The van der Waals surface area contributed by atoms with Crippen molar-refractivity contribution in [3.05, 3.63) is 35.9 Å². The van der Waals surface area contributed by atoms with Gasteiger partial charge in [-0.05, 0) is 45.2 Å². The molecule has 0 bridgehead atoms. The quantitative estimate of drug-likeness (QED) is 0.528. The maximum Gasteiger partial charge on any atom is 0.410 e. The van der Waals surface area contributed by atoms with Crippen molar-refractivity contribution >= 4 is 18.2 Å². The van der Waals surface area contributed by atoms with Crippen molar-refractivity contribution in [1.29, 1.82) is 0 Å². The van der Waals surface area contributed by atoms with Gasteiger partial charge < -0.3 is 24.4 Å². The number of amides is 2. The van der Waals surface area contributed by atoms with Crippen LogP contribution in [0, 0.1) is 5.92 Å². The van der Waals surface area contributed by atoms with E-state index in [0.29, 0.717) is 19.0 Å². The Bertz CT molecular complexity index is 810. The molecular weight excluding hydrogens is 414 g/mol. The molecule has 1 aromatic carbocycles. The van der Waals surface area contributed by atoms with Crippen LogP contribution < -0.4 is 5.32 Å². The van der Waals surface area contributed by atoms with Crippen molar-refractivity contribution in [2.45, 2.75) is 51.5 Å². The number of alkyl carbamates (subject to hydrolysis) is 1. The summed E-state index contributed by atoms with van der Waals surface area (Å²) >= 11 is 0. The molecule has 2 saturated heterocycles. The molecule has 1 aromatic rings. The number of esters is 1. The minimum absolute atomic E-state index is 0.108. The molecule has 0 saturated carbocycles. The number of methoxy groups -OCH3 is 1. The molecule has 2 aliphatic heterocycles. The first-order chi connectivity index (χ1) is 15.2. The Kier molecular flexibility index (Phi) is 7.60. The summed E-state index contributed by atoms with van der Waals surface area (Å²) < 4.78 is 15.6. The molecule has 1 N–H and O–H groups in total. The third-order valence-corrected chi connectivity index (χ3v) is 5.72. The molecule has 32 heavy (non-hydrogen) atoms. The zero-order chi connectivity index (χ0) is 23.3. The molecule has 3 atom stereocenters. The Balaban J connectivity index is 1.55. The fourth-order valence-electron chi connectivity index (χ4n) is 4.21. The van der Waals surface area contributed by atoms with Gasteiger partial charge in [0.15, 0.2) is 0 Å². The van der Waals surface area contributed by atoms with Crippen LogP contribution in [0.15, 0.2) is 30.3 Å². The average molecular weight is 448 g/mol. The van der Waals surface area contributed by atoms with Crippen molar-refractivity contribution in [3.8, 4) is 0 Å². The van der Waals surface area contributed by atoms with Gasteiger partial charge in [-0.3, -0.25) is 4.90 Å². The maximum atomic E-state index is 12.4. The van der Waals surface area contributed by atoms with Crippen molar-refractivity contribution in [3.63, 3.8) is 0 Å². The van der Waals surface area contributed by atoms with Gasteiger partial charge in [0, 0.05) is 25.7 Å². The van der Waals surface area contributed by atoms with Gasteiger partial charge >= 0.3 is 18.2 Å². The average Bonchev–Trinajstić information content (AvgIpc) is 3.32. The zero-order valence-electron chi connectivity index (χ0n) is 19.2. The first kappa shape index (κ1) is 23.8. The van der Waals surface area contributed by atoms with Crippen LogP contribution in [-0.4, -0.2) is 78.9 Å². The molecule has 2 aliphatic rings. The monoisotopic (exact) mass is 447 g/mol. The number of ether oxygens (including phenoxy) is 3. The zero-order valence-corrected chi connectivity index (χ0v) is 19.2. The lowest BCUT2D eigenvalue weighted by molar-refractivity contribution is -0.143. The van der Waals surface area contributed by atoms with E-state index in [1.807, 2.05) is 51.1 Å². The molecule has 3 rings (SSSR count). The highest BCUT2D eigenvalue weighted by atomic mass is 16.6. The third kappa shape index (κ3) is 6.35. The molecule has 176 valence electrons. The molecule has 0 aliphatic carbocycles. The van der Waals surface area contributed by atoms with Gasteiger partial charge in [-0.2, -0.15) is 0 Å². The summed E-state index contributed by atoms with van der Waals surface area (Å²) in [6.45, 7) is 7.88. The van der Waals surface area contributed by atoms with E-state index >= 15 is 0 Å². The number of hydrogen-bond acceptors (Lipinski definition) is 7. The van der Waals surface area contributed by atoms with E-state index in [2.05, 4.69) is 10.2 Å². The lowest BCUT2D eigenvalue weighted by Crippen LogP contribution is -2.51. The Labute approximate surface area is 189 Å². The molecule has 0 radical (unpaired) electrons. The second-order valence-electron chi connectivity index (χ2n) is 9.28. The van der Waals surface area contributed by atoms with Crippen LogP contribution in [0.3, 0.4) is 0 Å². The van der Waals surface area contributed by atoms with E-state index in [1.54, 1.807) is 4.90 Å². The Morgan fingerprint density at radius 2 is 1.88 bits per heavy atom. The van der Waals surface area contributed by atoms with Crippen LogP contribution in [0.5, 0.6) is 0 Å². The van der Waals surface area contributed by atoms with E-state index < -0.39 is 23.7 Å². The molecule has 9 heteroatoms. The normalized spacial score (nSPS) is 21.6. The van der Waals surface area contributed by atoms with Gasteiger partial charge in [0.2, 0.25) is 0 Å². The lowest BCUT2D eigenvalue weighted by Gasteiger charge is -2.29. The molecule has 0 unspecified atom stereocenters. The minimum Gasteiger partial charge on any atom is -0.467 e. The van der Waals surface area contributed by atoms with Crippen LogP contribution in [0.1, 0.15) is 32.8 Å². The van der Waals surface area contributed by atoms with Gasteiger partial charge in [-0.1, -0.05) is 30.3 Å². The summed E-state index contributed by atoms with van der Waals surface area (Å²) in [5.74, 6) is -0.224. The smallest absolute Gasteiger partial charge is 0.410 e. The Morgan fingerprint density at radius 1 is 1.16 bits per heavy atom. The van der Waals surface area contributed by atoms with E-state index in [9.17, 15) is 14.4 Å². The predicted molar refractivity (Wildman–Crippen MR) is 117 cm³/mol. The lowest BCUT2D eigenvalue weighted by atomic mass is 10.1. The van der Waals surface area contributed by atoms with Crippen molar-refractivity contribution in [1.82, 2.24) is 15.1 Å². The minimum atomic E-state index is -0.863. The second kappa shape index (κ2) is 10.2. The molecule has 0 spiro atoms. The van der Waals surface area contributed by atoms with Crippen LogP contribution in [0.25, 0.3) is 0 Å². The summed E-state index contributed by atoms with van der Waals surface area (Å²) in [5.41, 5.74) is 0.307. The van der Waals surface area contributed by atoms with Crippen LogP contribution in [0.4, 0.5) is 9.59 Å². The number of benzene rings is 1. The van der Waals surface area contributed by atoms with E-state index in [-0.39, 0.29) is 25.3 Å². The number of fused-ring (bicyclic) bond motifs is 1. The molecular formula is C23H33N3O6. The van der Waals surface area contributed by atoms with Gasteiger partial charge in [0.25, 0.3) is 0 Å². The van der Waals surface area contributed by atoms with Crippen LogP contribution >= 0.6 is 0 Å². The summed E-state index contributed by atoms with van der Waals surface area (Å²) in [6, 6.07) is 8.56. The van der Waals surface area contributed by atoms with Crippen LogP contribution in [-0.2, 0) is 25.6 Å². The van der Waals surface area contributed by atoms with Crippen LogP contribution in [0.2, 0.25) is 0 Å². The third-order valence-electron chi connectivity index (χ3n) is 5.72. The topological polar surface area (TPSA) is 97.4 Å². The number of carbonyl (C=O) groups excluding carboxylic acids is 3.